The molecule has 0 spiro atoms. The summed E-state index contributed by atoms with van der Waals surface area (Å²) in [7, 11) is 1.39. The second-order valence-electron chi connectivity index (χ2n) is 7.93. The molecule has 0 bridgehead atoms. The quantitative estimate of drug-likeness (QED) is 0.619. The Labute approximate surface area is 179 Å². The van der Waals surface area contributed by atoms with Crippen molar-refractivity contribution in [3.05, 3.63) is 65.5 Å². The third-order valence-corrected chi connectivity index (χ3v) is 5.58. The molecule has 1 saturated heterocycles. The molecule has 1 fully saturated rings. The van der Waals surface area contributed by atoms with Crippen molar-refractivity contribution in [2.45, 2.75) is 43.7 Å². The summed E-state index contributed by atoms with van der Waals surface area (Å²) in [6.07, 6.45) is -7.23. The van der Waals surface area contributed by atoms with E-state index in [1.165, 1.54) is 25.3 Å². The number of rotatable bonds is 8. The molecule has 0 amide bonds. The first kappa shape index (κ1) is 23.5. The highest BCUT2D eigenvalue weighted by Crippen LogP contribution is 2.35. The lowest BCUT2D eigenvalue weighted by Gasteiger charge is -2.42. The summed E-state index contributed by atoms with van der Waals surface area (Å²) in [5.74, 6) is -0.243. The molecule has 170 valence electrons. The highest BCUT2D eigenvalue weighted by atomic mass is 19.4. The van der Waals surface area contributed by atoms with E-state index in [2.05, 4.69) is 0 Å². The number of hydrogen-bond donors (Lipinski definition) is 1. The van der Waals surface area contributed by atoms with Crippen LogP contribution in [0.15, 0.2) is 48.5 Å². The lowest BCUT2D eigenvalue weighted by molar-refractivity contribution is -0.177. The van der Waals surface area contributed by atoms with Crippen molar-refractivity contribution < 1.29 is 32.1 Å². The summed E-state index contributed by atoms with van der Waals surface area (Å²) < 4.78 is 63.9. The number of ether oxygens (including phenoxy) is 2. The van der Waals surface area contributed by atoms with Crippen molar-refractivity contribution in [2.24, 2.45) is 0 Å². The molecule has 8 heteroatoms. The zero-order chi connectivity index (χ0) is 22.5. The van der Waals surface area contributed by atoms with Gasteiger partial charge in [0, 0.05) is 32.5 Å². The Hall–Kier alpha value is -2.16. The monoisotopic (exact) mass is 441 g/mol. The van der Waals surface area contributed by atoms with Gasteiger partial charge < -0.3 is 14.6 Å². The average molecular weight is 441 g/mol. The van der Waals surface area contributed by atoms with Gasteiger partial charge in [-0.05, 0) is 35.7 Å². The molecule has 2 atom stereocenters. The van der Waals surface area contributed by atoms with E-state index in [9.17, 15) is 22.7 Å². The number of benzene rings is 2. The van der Waals surface area contributed by atoms with Crippen LogP contribution < -0.4 is 4.74 Å². The Balaban J connectivity index is 1.82. The molecular weight excluding hydrogens is 414 g/mol. The van der Waals surface area contributed by atoms with Crippen LogP contribution in [-0.2, 0) is 17.7 Å². The van der Waals surface area contributed by atoms with Crippen LogP contribution in [0.2, 0.25) is 0 Å². The molecule has 1 N–H and O–H groups in total. The summed E-state index contributed by atoms with van der Waals surface area (Å²) in [6, 6.07) is 13.5. The van der Waals surface area contributed by atoms with Crippen molar-refractivity contribution in [1.29, 1.82) is 0 Å². The van der Waals surface area contributed by atoms with E-state index in [0.29, 0.717) is 24.4 Å². The van der Waals surface area contributed by atoms with Crippen molar-refractivity contribution in [3.63, 3.8) is 0 Å². The molecule has 1 heterocycles. The van der Waals surface area contributed by atoms with E-state index in [1.54, 1.807) is 0 Å². The van der Waals surface area contributed by atoms with Gasteiger partial charge in [0.2, 0.25) is 0 Å². The van der Waals surface area contributed by atoms with Gasteiger partial charge >= 0.3 is 6.18 Å². The highest BCUT2D eigenvalue weighted by Gasteiger charge is 2.43. The zero-order valence-corrected chi connectivity index (χ0v) is 17.4. The smallest absolute Gasteiger partial charge is 0.389 e. The zero-order valence-electron chi connectivity index (χ0n) is 17.4. The van der Waals surface area contributed by atoms with Crippen LogP contribution in [0.3, 0.4) is 0 Å². The summed E-state index contributed by atoms with van der Waals surface area (Å²) >= 11 is 0. The minimum absolute atomic E-state index is 0.214. The van der Waals surface area contributed by atoms with E-state index in [0.717, 1.165) is 5.56 Å². The number of halogens is 4. The first-order valence-electron chi connectivity index (χ1n) is 10.2. The number of morpholine rings is 1. The lowest BCUT2D eigenvalue weighted by atomic mass is 9.83. The summed E-state index contributed by atoms with van der Waals surface area (Å²) in [5, 5.41) is 11.4. The van der Waals surface area contributed by atoms with Crippen LogP contribution in [0.4, 0.5) is 17.6 Å². The molecular formula is C23H27F4NO3. The molecule has 2 aromatic carbocycles. The molecule has 0 radical (unpaired) electrons. The minimum Gasteiger partial charge on any atom is -0.496 e. The van der Waals surface area contributed by atoms with Crippen molar-refractivity contribution in [1.82, 2.24) is 4.90 Å². The number of nitrogens with zero attached hydrogens (tertiary/aromatic N) is 1. The SMILES string of the molecule is COc1ccc(F)cc1CC(O)(CCC(F)(F)F)C1CN(Cc2ccccc2)CCO1. The minimum atomic E-state index is -4.43. The fourth-order valence-corrected chi connectivity index (χ4v) is 3.95. The van der Waals surface area contributed by atoms with Crippen LogP contribution >= 0.6 is 0 Å². The first-order valence-corrected chi connectivity index (χ1v) is 10.2. The topological polar surface area (TPSA) is 41.9 Å². The van der Waals surface area contributed by atoms with E-state index < -0.39 is 36.5 Å². The van der Waals surface area contributed by atoms with Crippen molar-refractivity contribution >= 4 is 0 Å². The molecule has 1 aliphatic rings. The van der Waals surface area contributed by atoms with E-state index >= 15 is 0 Å². The van der Waals surface area contributed by atoms with Crippen LogP contribution in [0.25, 0.3) is 0 Å². The predicted molar refractivity (Wildman–Crippen MR) is 108 cm³/mol. The maximum absolute atomic E-state index is 13.8. The Morgan fingerprint density at radius 2 is 1.87 bits per heavy atom. The number of methoxy groups -OCH3 is 1. The molecule has 0 aliphatic carbocycles. The number of aliphatic hydroxyl groups is 1. The van der Waals surface area contributed by atoms with Crippen molar-refractivity contribution in [3.8, 4) is 5.75 Å². The van der Waals surface area contributed by atoms with Gasteiger partial charge in [0.1, 0.15) is 11.6 Å². The molecule has 2 unspecified atom stereocenters. The maximum atomic E-state index is 13.8. The molecule has 3 rings (SSSR count). The Bertz CT molecular complexity index is 846. The highest BCUT2D eigenvalue weighted by molar-refractivity contribution is 5.35. The fraction of sp³-hybridized carbons (Fsp3) is 0.478. The van der Waals surface area contributed by atoms with Crippen LogP contribution in [0.5, 0.6) is 5.75 Å². The van der Waals surface area contributed by atoms with Gasteiger partial charge in [-0.1, -0.05) is 30.3 Å². The summed E-state index contributed by atoms with van der Waals surface area (Å²) in [5.41, 5.74) is -0.476. The number of hydrogen-bond acceptors (Lipinski definition) is 4. The largest absolute Gasteiger partial charge is 0.496 e. The van der Waals surface area contributed by atoms with Crippen LogP contribution in [0, 0.1) is 5.82 Å². The second kappa shape index (κ2) is 9.97. The fourth-order valence-electron chi connectivity index (χ4n) is 3.95. The van der Waals surface area contributed by atoms with Crippen LogP contribution in [0.1, 0.15) is 24.0 Å². The average Bonchev–Trinajstić information content (AvgIpc) is 2.73. The van der Waals surface area contributed by atoms with Gasteiger partial charge in [-0.3, -0.25) is 4.90 Å². The van der Waals surface area contributed by atoms with Crippen LogP contribution in [-0.4, -0.2) is 54.7 Å². The third kappa shape index (κ3) is 6.66. The number of alkyl halides is 3. The van der Waals surface area contributed by atoms with Crippen molar-refractivity contribution in [2.75, 3.05) is 26.8 Å². The van der Waals surface area contributed by atoms with E-state index in [1.807, 2.05) is 35.2 Å². The van der Waals surface area contributed by atoms with Gasteiger partial charge in [0.05, 0.1) is 25.4 Å². The Morgan fingerprint density at radius 3 is 2.55 bits per heavy atom. The predicted octanol–water partition coefficient (Wildman–Crippen LogP) is 4.35. The summed E-state index contributed by atoms with van der Waals surface area (Å²) in [4.78, 5) is 2.05. The van der Waals surface area contributed by atoms with Gasteiger partial charge in [0.25, 0.3) is 0 Å². The molecule has 0 aromatic heterocycles. The lowest BCUT2D eigenvalue weighted by Crippen LogP contribution is -2.55. The molecule has 1 aliphatic heterocycles. The van der Waals surface area contributed by atoms with Gasteiger partial charge in [-0.2, -0.15) is 13.2 Å². The standard InChI is InChI=1S/C23H27F4NO3/c1-30-20-8-7-19(24)13-18(20)14-22(29,9-10-23(25,26)27)21-16-28(11-12-31-21)15-17-5-3-2-4-6-17/h2-8,13,21,29H,9-12,14-16H2,1H3. The van der Waals surface area contributed by atoms with Gasteiger partial charge in [-0.15, -0.1) is 0 Å². The third-order valence-electron chi connectivity index (χ3n) is 5.58. The first-order chi connectivity index (χ1) is 14.7. The summed E-state index contributed by atoms with van der Waals surface area (Å²) in [6.45, 7) is 1.75. The Morgan fingerprint density at radius 1 is 1.13 bits per heavy atom. The van der Waals surface area contributed by atoms with E-state index in [-0.39, 0.29) is 19.6 Å². The van der Waals surface area contributed by atoms with Gasteiger partial charge in [-0.25, -0.2) is 4.39 Å². The second-order valence-corrected chi connectivity index (χ2v) is 7.93. The maximum Gasteiger partial charge on any atom is 0.389 e. The van der Waals surface area contributed by atoms with E-state index in [4.69, 9.17) is 9.47 Å². The van der Waals surface area contributed by atoms with Gasteiger partial charge in [0.15, 0.2) is 0 Å². The molecule has 2 aromatic rings. The normalized spacial score (nSPS) is 19.7. The molecule has 4 nitrogen and oxygen atoms in total. The Kier molecular flexibility index (Phi) is 7.56. The molecule has 31 heavy (non-hydrogen) atoms. The molecule has 0 saturated carbocycles.